The molecule has 0 aromatic carbocycles. The molecule has 5 heteroatoms. The van der Waals surface area contributed by atoms with E-state index in [2.05, 4.69) is 17.0 Å². The van der Waals surface area contributed by atoms with Crippen molar-refractivity contribution in [3.05, 3.63) is 0 Å². The van der Waals surface area contributed by atoms with E-state index in [1.165, 1.54) is 0 Å². The molecule has 2 aliphatic rings. The molecule has 1 saturated heterocycles. The third kappa shape index (κ3) is 3.02. The molecule has 1 aliphatic heterocycles. The summed E-state index contributed by atoms with van der Waals surface area (Å²) < 4.78 is 0. The summed E-state index contributed by atoms with van der Waals surface area (Å²) in [5.74, 6) is 0.513. The van der Waals surface area contributed by atoms with Crippen LogP contribution in [0.3, 0.4) is 0 Å². The van der Waals surface area contributed by atoms with Crippen LogP contribution >= 0.6 is 0 Å². The predicted octanol–water partition coefficient (Wildman–Crippen LogP) is 1.17. The van der Waals surface area contributed by atoms with E-state index in [0.29, 0.717) is 18.5 Å². The molecule has 0 aromatic heterocycles. The quantitative estimate of drug-likeness (QED) is 0.604. The summed E-state index contributed by atoms with van der Waals surface area (Å²) in [7, 11) is 1.90. The lowest BCUT2D eigenvalue weighted by molar-refractivity contribution is -0.131. The Morgan fingerprint density at radius 3 is 2.83 bits per heavy atom. The molecule has 5 nitrogen and oxygen atoms in total. The largest absolute Gasteiger partial charge is 0.411 e. The summed E-state index contributed by atoms with van der Waals surface area (Å²) in [5.41, 5.74) is 0.886. The van der Waals surface area contributed by atoms with Gasteiger partial charge in [0.1, 0.15) is 0 Å². The van der Waals surface area contributed by atoms with Crippen LogP contribution in [0, 0.1) is 5.92 Å². The first-order chi connectivity index (χ1) is 8.65. The molecule has 1 atom stereocenters. The lowest BCUT2D eigenvalue weighted by Gasteiger charge is -2.33. The number of nitrogens with zero attached hydrogens (tertiary/aromatic N) is 3. The van der Waals surface area contributed by atoms with Crippen LogP contribution in [0.15, 0.2) is 5.16 Å². The van der Waals surface area contributed by atoms with Crippen LogP contribution in [0.25, 0.3) is 0 Å². The van der Waals surface area contributed by atoms with E-state index < -0.39 is 0 Å². The summed E-state index contributed by atoms with van der Waals surface area (Å²) in [6.07, 6.45) is 4.04. The van der Waals surface area contributed by atoms with Gasteiger partial charge < -0.3 is 10.1 Å². The van der Waals surface area contributed by atoms with Crippen molar-refractivity contribution in [2.24, 2.45) is 11.1 Å². The van der Waals surface area contributed by atoms with Crippen LogP contribution in [0.2, 0.25) is 0 Å². The minimum Gasteiger partial charge on any atom is -0.411 e. The monoisotopic (exact) mass is 253 g/mol. The summed E-state index contributed by atoms with van der Waals surface area (Å²) >= 11 is 0. The first-order valence-corrected chi connectivity index (χ1v) is 6.84. The molecule has 1 saturated carbocycles. The minimum atomic E-state index is 0.219. The Kier molecular flexibility index (Phi) is 4.22. The average molecular weight is 253 g/mol. The number of oxime groups is 1. The zero-order chi connectivity index (χ0) is 13.1. The van der Waals surface area contributed by atoms with Gasteiger partial charge in [-0.2, -0.15) is 0 Å². The highest BCUT2D eigenvalue weighted by Gasteiger charge is 2.31. The SMILES string of the molecule is CCC1CN(CC(=O)N(C)C2CC2)CCC1=NO. The predicted molar refractivity (Wildman–Crippen MR) is 69.9 cm³/mol. The second-order valence-electron chi connectivity index (χ2n) is 5.42. The molecule has 0 aromatic rings. The fraction of sp³-hybridized carbons (Fsp3) is 0.846. The van der Waals surface area contributed by atoms with E-state index >= 15 is 0 Å². The normalized spacial score (nSPS) is 27.4. The van der Waals surface area contributed by atoms with Gasteiger partial charge in [0.15, 0.2) is 0 Å². The van der Waals surface area contributed by atoms with Gasteiger partial charge in [0.2, 0.25) is 5.91 Å². The van der Waals surface area contributed by atoms with Gasteiger partial charge in [0.25, 0.3) is 0 Å². The maximum Gasteiger partial charge on any atom is 0.236 e. The van der Waals surface area contributed by atoms with Gasteiger partial charge in [0, 0.05) is 38.5 Å². The number of carbonyl (C=O) groups is 1. The number of hydrogen-bond donors (Lipinski definition) is 1. The Bertz CT molecular complexity index is 339. The van der Waals surface area contributed by atoms with Crippen molar-refractivity contribution in [1.82, 2.24) is 9.80 Å². The van der Waals surface area contributed by atoms with Gasteiger partial charge in [-0.1, -0.05) is 12.1 Å². The maximum absolute atomic E-state index is 12.0. The van der Waals surface area contributed by atoms with Crippen LogP contribution in [-0.4, -0.2) is 59.3 Å². The highest BCUT2D eigenvalue weighted by molar-refractivity contribution is 5.87. The molecule has 1 heterocycles. The number of hydrogen-bond acceptors (Lipinski definition) is 4. The van der Waals surface area contributed by atoms with E-state index in [0.717, 1.165) is 44.5 Å². The second kappa shape index (κ2) is 5.69. The van der Waals surface area contributed by atoms with Crippen molar-refractivity contribution in [3.8, 4) is 0 Å². The van der Waals surface area contributed by atoms with Crippen molar-refractivity contribution in [3.63, 3.8) is 0 Å². The number of likely N-dealkylation sites (N-methyl/N-ethyl adjacent to an activating group) is 1. The molecule has 1 N–H and O–H groups in total. The Labute approximate surface area is 108 Å². The fourth-order valence-electron chi connectivity index (χ4n) is 2.59. The van der Waals surface area contributed by atoms with Gasteiger partial charge in [-0.3, -0.25) is 9.69 Å². The highest BCUT2D eigenvalue weighted by atomic mass is 16.4. The number of amides is 1. The summed E-state index contributed by atoms with van der Waals surface area (Å²) in [5, 5.41) is 12.3. The fourth-order valence-corrected chi connectivity index (χ4v) is 2.59. The molecule has 0 spiro atoms. The van der Waals surface area contributed by atoms with E-state index in [4.69, 9.17) is 5.21 Å². The van der Waals surface area contributed by atoms with Crippen molar-refractivity contribution < 1.29 is 10.0 Å². The summed E-state index contributed by atoms with van der Waals surface area (Å²) in [6.45, 7) is 4.25. The Hall–Kier alpha value is -1.10. The van der Waals surface area contributed by atoms with Gasteiger partial charge in [-0.05, 0) is 19.3 Å². The minimum absolute atomic E-state index is 0.219. The molecule has 2 rings (SSSR count). The second-order valence-corrected chi connectivity index (χ2v) is 5.42. The average Bonchev–Trinajstić information content (AvgIpc) is 3.21. The Morgan fingerprint density at radius 2 is 2.28 bits per heavy atom. The molecule has 2 fully saturated rings. The van der Waals surface area contributed by atoms with Gasteiger partial charge >= 0.3 is 0 Å². The lowest BCUT2D eigenvalue weighted by Crippen LogP contribution is -2.46. The number of carbonyl (C=O) groups excluding carboxylic acids is 1. The molecule has 0 radical (unpaired) electrons. The van der Waals surface area contributed by atoms with Crippen LogP contribution in [-0.2, 0) is 4.79 Å². The van der Waals surface area contributed by atoms with Crippen molar-refractivity contribution in [1.29, 1.82) is 0 Å². The molecule has 1 unspecified atom stereocenters. The summed E-state index contributed by atoms with van der Waals surface area (Å²) in [4.78, 5) is 16.1. The number of piperidine rings is 1. The van der Waals surface area contributed by atoms with Gasteiger partial charge in [0.05, 0.1) is 12.3 Å². The van der Waals surface area contributed by atoms with Crippen molar-refractivity contribution in [2.45, 2.75) is 38.6 Å². The Morgan fingerprint density at radius 1 is 1.56 bits per heavy atom. The van der Waals surface area contributed by atoms with Gasteiger partial charge in [-0.25, -0.2) is 0 Å². The van der Waals surface area contributed by atoms with Crippen molar-refractivity contribution in [2.75, 3.05) is 26.7 Å². The lowest BCUT2D eigenvalue weighted by atomic mass is 9.93. The van der Waals surface area contributed by atoms with E-state index in [1.807, 2.05) is 11.9 Å². The topological polar surface area (TPSA) is 56.1 Å². The number of likely N-dealkylation sites (tertiary alicyclic amines) is 1. The maximum atomic E-state index is 12.0. The van der Waals surface area contributed by atoms with E-state index in [-0.39, 0.29) is 5.91 Å². The molecule has 18 heavy (non-hydrogen) atoms. The molecule has 0 bridgehead atoms. The highest BCUT2D eigenvalue weighted by Crippen LogP contribution is 2.25. The summed E-state index contributed by atoms with van der Waals surface area (Å²) in [6, 6.07) is 0.485. The zero-order valence-electron chi connectivity index (χ0n) is 11.3. The smallest absolute Gasteiger partial charge is 0.236 e. The zero-order valence-corrected chi connectivity index (χ0v) is 11.3. The van der Waals surface area contributed by atoms with E-state index in [9.17, 15) is 4.79 Å². The molecular formula is C13H23N3O2. The third-order valence-corrected chi connectivity index (χ3v) is 4.10. The standard InChI is InChI=1S/C13H23N3O2/c1-3-10-8-16(7-6-12(10)14-18)9-13(17)15(2)11-4-5-11/h10-11,18H,3-9H2,1-2H3. The van der Waals surface area contributed by atoms with Crippen LogP contribution in [0.5, 0.6) is 0 Å². The first-order valence-electron chi connectivity index (χ1n) is 6.84. The molecule has 102 valence electrons. The number of rotatable bonds is 4. The Balaban J connectivity index is 1.85. The van der Waals surface area contributed by atoms with E-state index in [1.54, 1.807) is 0 Å². The van der Waals surface area contributed by atoms with Crippen LogP contribution in [0.1, 0.15) is 32.6 Å². The third-order valence-electron chi connectivity index (χ3n) is 4.10. The molecule has 1 aliphatic carbocycles. The van der Waals surface area contributed by atoms with Crippen molar-refractivity contribution >= 4 is 11.6 Å². The van der Waals surface area contributed by atoms with Crippen LogP contribution in [0.4, 0.5) is 0 Å². The first kappa shape index (κ1) is 13.3. The molecular weight excluding hydrogens is 230 g/mol. The van der Waals surface area contributed by atoms with Crippen LogP contribution < -0.4 is 0 Å². The molecule has 1 amide bonds. The van der Waals surface area contributed by atoms with Gasteiger partial charge in [-0.15, -0.1) is 0 Å².